The number of nitrogens with one attached hydrogen (secondary N) is 2. The smallest absolute Gasteiger partial charge is 0.408 e. The number of nitrogens with two attached hydrogens (primary N) is 1. The van der Waals surface area contributed by atoms with E-state index in [2.05, 4.69) is 10.6 Å². The molecule has 0 saturated carbocycles. The van der Waals surface area contributed by atoms with Crippen molar-refractivity contribution in [2.45, 2.75) is 82.9 Å². The van der Waals surface area contributed by atoms with Gasteiger partial charge in [-0.3, -0.25) is 19.3 Å². The van der Waals surface area contributed by atoms with Gasteiger partial charge in [0.2, 0.25) is 11.8 Å². The Morgan fingerprint density at radius 2 is 1.62 bits per heavy atom. The van der Waals surface area contributed by atoms with Gasteiger partial charge in [0.15, 0.2) is 0 Å². The van der Waals surface area contributed by atoms with Crippen LogP contribution in [0.15, 0.2) is 60.7 Å². The highest BCUT2D eigenvalue weighted by molar-refractivity contribution is 5.90. The Kier molecular flexibility index (Phi) is 11.9. The zero-order valence-electron chi connectivity index (χ0n) is 24.5. The first-order valence-corrected chi connectivity index (χ1v) is 14.2. The summed E-state index contributed by atoms with van der Waals surface area (Å²) in [4.78, 5) is 52.3. The molecule has 0 spiro atoms. The van der Waals surface area contributed by atoms with Crippen molar-refractivity contribution in [3.63, 3.8) is 0 Å². The number of aliphatic hydroxyl groups is 1. The second-order valence-corrected chi connectivity index (χ2v) is 11.5. The number of likely N-dealkylation sites (tertiary alicyclic amines) is 1. The molecule has 228 valence electrons. The number of esters is 1. The van der Waals surface area contributed by atoms with E-state index in [0.717, 1.165) is 17.5 Å². The van der Waals surface area contributed by atoms with E-state index in [0.29, 0.717) is 13.0 Å². The van der Waals surface area contributed by atoms with Crippen LogP contribution in [0, 0.1) is 0 Å². The van der Waals surface area contributed by atoms with E-state index in [1.54, 1.807) is 45.0 Å². The molecule has 2 aromatic carbocycles. The lowest BCUT2D eigenvalue weighted by Crippen LogP contribution is -2.56. The number of amides is 3. The zero-order valence-corrected chi connectivity index (χ0v) is 24.5. The minimum atomic E-state index is -1.32. The number of carbonyl (C=O) groups excluding carboxylic acids is 4. The molecule has 0 aliphatic carbocycles. The minimum absolute atomic E-state index is 0.0262. The first-order chi connectivity index (χ1) is 19.9. The van der Waals surface area contributed by atoms with E-state index in [9.17, 15) is 24.3 Å². The molecule has 42 heavy (non-hydrogen) atoms. The lowest BCUT2D eigenvalue weighted by Gasteiger charge is -2.32. The highest BCUT2D eigenvalue weighted by atomic mass is 16.6. The molecule has 2 aromatic rings. The Bertz CT molecular complexity index is 1190. The molecule has 1 saturated heterocycles. The molecule has 0 aromatic heterocycles. The maximum atomic E-state index is 13.4. The fourth-order valence-electron chi connectivity index (χ4n) is 4.80. The molecule has 1 heterocycles. The zero-order chi connectivity index (χ0) is 30.7. The molecule has 1 aliphatic rings. The van der Waals surface area contributed by atoms with Crippen LogP contribution < -0.4 is 16.4 Å². The Morgan fingerprint density at radius 3 is 2.21 bits per heavy atom. The van der Waals surface area contributed by atoms with Gasteiger partial charge < -0.3 is 30.9 Å². The average molecular weight is 583 g/mol. The van der Waals surface area contributed by atoms with Crippen LogP contribution in [-0.2, 0) is 36.9 Å². The molecule has 1 unspecified atom stereocenters. The second kappa shape index (κ2) is 15.3. The van der Waals surface area contributed by atoms with Gasteiger partial charge in [-0.2, -0.15) is 0 Å². The molecule has 0 radical (unpaired) electrons. The standard InChI is InChI=1S/C31H42N4O7/c1-31(2,3)42-29(39)25-15-10-16-35(25)19-26(36)23(17-21-11-6-4-7-12-21)33-28(38)24(18-27(32)37)34-30(40)41-20-22-13-8-5-9-14-22/h4-9,11-14,23-26,36H,10,15-20H2,1-3H3,(H2,32,37)(H,33,38)(H,34,40)/t23-,24-,25?,26-/m0/s1. The number of hydrogen-bond acceptors (Lipinski definition) is 8. The van der Waals surface area contributed by atoms with E-state index >= 15 is 0 Å². The number of benzene rings is 2. The van der Waals surface area contributed by atoms with Crippen LogP contribution in [0.3, 0.4) is 0 Å². The van der Waals surface area contributed by atoms with E-state index in [4.69, 9.17) is 15.2 Å². The van der Waals surface area contributed by atoms with Crippen molar-refractivity contribution in [1.82, 2.24) is 15.5 Å². The van der Waals surface area contributed by atoms with Gasteiger partial charge in [-0.25, -0.2) is 4.79 Å². The van der Waals surface area contributed by atoms with E-state index < -0.39 is 54.2 Å². The molecule has 3 rings (SSSR count). The predicted octanol–water partition coefficient (Wildman–Crippen LogP) is 2.05. The van der Waals surface area contributed by atoms with Crippen LogP contribution in [-0.4, -0.2) is 76.8 Å². The maximum absolute atomic E-state index is 13.4. The third-order valence-corrected chi connectivity index (χ3v) is 6.78. The van der Waals surface area contributed by atoms with Gasteiger partial charge >= 0.3 is 12.1 Å². The maximum Gasteiger partial charge on any atom is 0.408 e. The van der Waals surface area contributed by atoms with Crippen molar-refractivity contribution in [3.05, 3.63) is 71.8 Å². The first kappa shape index (κ1) is 32.6. The number of aliphatic hydroxyl groups excluding tert-OH is 1. The van der Waals surface area contributed by atoms with Crippen LogP contribution >= 0.6 is 0 Å². The lowest BCUT2D eigenvalue weighted by molar-refractivity contribution is -0.160. The Morgan fingerprint density at radius 1 is 1.00 bits per heavy atom. The first-order valence-electron chi connectivity index (χ1n) is 14.2. The largest absolute Gasteiger partial charge is 0.459 e. The normalized spacial score (nSPS) is 17.5. The van der Waals surface area contributed by atoms with Crippen LogP contribution in [0.1, 0.15) is 51.2 Å². The summed E-state index contributed by atoms with van der Waals surface area (Å²) in [5.74, 6) is -1.85. The van der Waals surface area contributed by atoms with Gasteiger partial charge in [0.25, 0.3) is 0 Å². The summed E-state index contributed by atoms with van der Waals surface area (Å²) in [5, 5.41) is 16.6. The number of alkyl carbamates (subject to hydrolysis) is 1. The Balaban J connectivity index is 1.71. The molecule has 4 atom stereocenters. The van der Waals surface area contributed by atoms with Gasteiger partial charge in [-0.05, 0) is 57.7 Å². The van der Waals surface area contributed by atoms with E-state index in [1.165, 1.54) is 0 Å². The predicted molar refractivity (Wildman–Crippen MR) is 156 cm³/mol. The van der Waals surface area contributed by atoms with Crippen molar-refractivity contribution in [2.24, 2.45) is 5.73 Å². The molecule has 1 fully saturated rings. The fraction of sp³-hybridized carbons (Fsp3) is 0.484. The third kappa shape index (κ3) is 10.8. The van der Waals surface area contributed by atoms with Gasteiger partial charge in [-0.1, -0.05) is 60.7 Å². The quantitative estimate of drug-likeness (QED) is 0.261. The number of nitrogens with zero attached hydrogens (tertiary/aromatic N) is 1. The summed E-state index contributed by atoms with van der Waals surface area (Å²) in [6.45, 7) is 6.08. The summed E-state index contributed by atoms with van der Waals surface area (Å²) in [7, 11) is 0. The number of primary amides is 1. The molecule has 0 bridgehead atoms. The van der Waals surface area contributed by atoms with Crippen LogP contribution in [0.25, 0.3) is 0 Å². The summed E-state index contributed by atoms with van der Waals surface area (Å²) in [5.41, 5.74) is 6.34. The number of β-amino-alcohol motifs (C(OH)–C–C–N with tert-alkyl or cyclic N) is 1. The lowest BCUT2D eigenvalue weighted by atomic mass is 9.99. The van der Waals surface area contributed by atoms with Gasteiger partial charge in [-0.15, -0.1) is 0 Å². The van der Waals surface area contributed by atoms with Crippen molar-refractivity contribution in [3.8, 4) is 0 Å². The Labute approximate surface area is 246 Å². The topological polar surface area (TPSA) is 160 Å². The minimum Gasteiger partial charge on any atom is -0.459 e. The summed E-state index contributed by atoms with van der Waals surface area (Å²) >= 11 is 0. The highest BCUT2D eigenvalue weighted by Gasteiger charge is 2.37. The van der Waals surface area contributed by atoms with Crippen molar-refractivity contribution < 1.29 is 33.8 Å². The number of ether oxygens (including phenoxy) is 2. The van der Waals surface area contributed by atoms with Crippen molar-refractivity contribution in [1.29, 1.82) is 0 Å². The molecule has 3 amide bonds. The van der Waals surface area contributed by atoms with Crippen molar-refractivity contribution in [2.75, 3.05) is 13.1 Å². The Hall–Kier alpha value is -3.96. The summed E-state index contributed by atoms with van der Waals surface area (Å²) < 4.78 is 10.8. The van der Waals surface area contributed by atoms with Gasteiger partial charge in [0, 0.05) is 6.54 Å². The molecule has 5 N–H and O–H groups in total. The monoisotopic (exact) mass is 582 g/mol. The van der Waals surface area contributed by atoms with Crippen molar-refractivity contribution >= 4 is 23.9 Å². The number of rotatable bonds is 13. The van der Waals surface area contributed by atoms with Crippen LogP contribution in [0.2, 0.25) is 0 Å². The third-order valence-electron chi connectivity index (χ3n) is 6.78. The van der Waals surface area contributed by atoms with E-state index in [-0.39, 0.29) is 25.5 Å². The van der Waals surface area contributed by atoms with Gasteiger partial charge in [0.1, 0.15) is 24.3 Å². The van der Waals surface area contributed by atoms with Crippen LogP contribution in [0.4, 0.5) is 4.79 Å². The molecular formula is C31H42N4O7. The molecular weight excluding hydrogens is 540 g/mol. The summed E-state index contributed by atoms with van der Waals surface area (Å²) in [6, 6.07) is 15.7. The molecule has 11 heteroatoms. The fourth-order valence-corrected chi connectivity index (χ4v) is 4.80. The number of carbonyl (C=O) groups is 4. The van der Waals surface area contributed by atoms with E-state index in [1.807, 2.05) is 41.3 Å². The van der Waals surface area contributed by atoms with Crippen LogP contribution in [0.5, 0.6) is 0 Å². The summed E-state index contributed by atoms with van der Waals surface area (Å²) in [6.07, 6.45) is -0.808. The number of hydrogen-bond donors (Lipinski definition) is 4. The van der Waals surface area contributed by atoms with Gasteiger partial charge in [0.05, 0.1) is 18.6 Å². The SMILES string of the molecule is CC(C)(C)OC(=O)C1CCCN1C[C@H](O)[C@H](Cc1ccccc1)NC(=O)[C@H](CC(N)=O)NC(=O)OCc1ccccc1. The highest BCUT2D eigenvalue weighted by Crippen LogP contribution is 2.22. The molecule has 11 nitrogen and oxygen atoms in total. The second-order valence-electron chi connectivity index (χ2n) is 11.5. The average Bonchev–Trinajstić information content (AvgIpc) is 3.39. The molecule has 1 aliphatic heterocycles.